The van der Waals surface area contributed by atoms with Crippen LogP contribution in [-0.2, 0) is 0 Å². The van der Waals surface area contributed by atoms with Gasteiger partial charge in [0.25, 0.3) is 0 Å². The molecule has 0 fully saturated rings. The first-order chi connectivity index (χ1) is 10.8. The maximum atomic E-state index is 10.1. The minimum atomic E-state index is -0.274. The summed E-state index contributed by atoms with van der Waals surface area (Å²) in [6.07, 6.45) is 17.0. The third kappa shape index (κ3) is 10.00. The normalized spacial score (nSPS) is 12.5. The van der Waals surface area contributed by atoms with E-state index >= 15 is 0 Å². The van der Waals surface area contributed by atoms with Crippen molar-refractivity contribution in [1.82, 2.24) is 0 Å². The number of unbranched alkanes of at least 4 members (excludes halogenated alkanes) is 11. The van der Waals surface area contributed by atoms with Gasteiger partial charge in [-0.05, 0) is 12.0 Å². The molecule has 0 amide bonds. The third-order valence-corrected chi connectivity index (χ3v) is 4.52. The summed E-state index contributed by atoms with van der Waals surface area (Å²) in [7, 11) is 0. The fourth-order valence-electron chi connectivity index (χ4n) is 3.02. The van der Waals surface area contributed by atoms with Gasteiger partial charge in [-0.1, -0.05) is 114 Å². The van der Waals surface area contributed by atoms with Crippen molar-refractivity contribution in [3.8, 4) is 0 Å². The summed E-state index contributed by atoms with van der Waals surface area (Å²) in [6.45, 7) is 2.28. The molecule has 1 N–H and O–H groups in total. The van der Waals surface area contributed by atoms with Gasteiger partial charge in [0.1, 0.15) is 0 Å². The number of benzene rings is 1. The second-order valence-electron chi connectivity index (χ2n) is 6.60. The molecule has 22 heavy (non-hydrogen) atoms. The van der Waals surface area contributed by atoms with Gasteiger partial charge >= 0.3 is 0 Å². The van der Waals surface area contributed by atoms with Crippen molar-refractivity contribution in [3.05, 3.63) is 35.9 Å². The van der Waals surface area contributed by atoms with E-state index in [4.69, 9.17) is 0 Å². The molecule has 1 nitrogen and oxygen atoms in total. The second kappa shape index (κ2) is 13.8. The van der Waals surface area contributed by atoms with Gasteiger partial charge < -0.3 is 5.11 Å². The van der Waals surface area contributed by atoms with E-state index in [1.54, 1.807) is 0 Å². The van der Waals surface area contributed by atoms with Crippen molar-refractivity contribution in [3.63, 3.8) is 0 Å². The van der Waals surface area contributed by atoms with Crippen molar-refractivity contribution in [2.75, 3.05) is 0 Å². The van der Waals surface area contributed by atoms with Crippen LogP contribution in [0.2, 0.25) is 0 Å². The van der Waals surface area contributed by atoms with Crippen LogP contribution < -0.4 is 0 Å². The molecular weight excluding hydrogens is 268 g/mol. The SMILES string of the molecule is CCCCCCCCCCCCCC[C@H](O)c1ccccc1. The standard InChI is InChI=1S/C21H36O/c1-2-3-4-5-6-7-8-9-10-11-12-16-19-21(22)20-17-14-13-15-18-20/h13-15,17-18,21-22H,2-12,16,19H2,1H3/t21-/m0/s1. The molecule has 0 saturated carbocycles. The van der Waals surface area contributed by atoms with E-state index in [-0.39, 0.29) is 6.10 Å². The Morgan fingerprint density at radius 2 is 1.14 bits per heavy atom. The third-order valence-electron chi connectivity index (χ3n) is 4.52. The van der Waals surface area contributed by atoms with Crippen molar-refractivity contribution in [2.45, 2.75) is 96.5 Å². The molecule has 0 aliphatic carbocycles. The van der Waals surface area contributed by atoms with E-state index in [9.17, 15) is 5.11 Å². The van der Waals surface area contributed by atoms with Gasteiger partial charge in [-0.25, -0.2) is 0 Å². The quantitative estimate of drug-likeness (QED) is 0.374. The Morgan fingerprint density at radius 3 is 1.64 bits per heavy atom. The summed E-state index contributed by atoms with van der Waals surface area (Å²) in [5.74, 6) is 0. The largest absolute Gasteiger partial charge is 0.388 e. The van der Waals surface area contributed by atoms with Crippen LogP contribution in [0.5, 0.6) is 0 Å². The smallest absolute Gasteiger partial charge is 0.0790 e. The minimum absolute atomic E-state index is 0.274. The molecular formula is C21H36O. The van der Waals surface area contributed by atoms with Crippen molar-refractivity contribution >= 4 is 0 Å². The summed E-state index contributed by atoms with van der Waals surface area (Å²) in [5, 5.41) is 10.1. The van der Waals surface area contributed by atoms with Crippen molar-refractivity contribution in [2.24, 2.45) is 0 Å². The van der Waals surface area contributed by atoms with Gasteiger partial charge in [0.05, 0.1) is 6.10 Å². The zero-order valence-electron chi connectivity index (χ0n) is 14.6. The number of hydrogen-bond donors (Lipinski definition) is 1. The summed E-state index contributed by atoms with van der Waals surface area (Å²) < 4.78 is 0. The first-order valence-corrected chi connectivity index (χ1v) is 9.57. The van der Waals surface area contributed by atoms with Crippen molar-refractivity contribution in [1.29, 1.82) is 0 Å². The lowest BCUT2D eigenvalue weighted by Gasteiger charge is -2.10. The molecule has 0 saturated heterocycles. The van der Waals surface area contributed by atoms with Gasteiger partial charge in [0.15, 0.2) is 0 Å². The lowest BCUT2D eigenvalue weighted by Crippen LogP contribution is -1.96. The lowest BCUT2D eigenvalue weighted by atomic mass is 10.0. The molecule has 0 bridgehead atoms. The van der Waals surface area contributed by atoms with Gasteiger partial charge in [-0.15, -0.1) is 0 Å². The number of hydrogen-bond acceptors (Lipinski definition) is 1. The topological polar surface area (TPSA) is 20.2 Å². The molecule has 1 aromatic carbocycles. The highest BCUT2D eigenvalue weighted by atomic mass is 16.3. The Hall–Kier alpha value is -0.820. The maximum absolute atomic E-state index is 10.1. The van der Waals surface area contributed by atoms with E-state index < -0.39 is 0 Å². The molecule has 0 heterocycles. The fraction of sp³-hybridized carbons (Fsp3) is 0.714. The van der Waals surface area contributed by atoms with E-state index in [1.165, 1.54) is 70.6 Å². The van der Waals surface area contributed by atoms with Crippen LogP contribution in [-0.4, -0.2) is 5.11 Å². The average molecular weight is 305 g/mol. The van der Waals surface area contributed by atoms with Crippen LogP contribution in [0.1, 0.15) is 102 Å². The van der Waals surface area contributed by atoms with Crippen molar-refractivity contribution < 1.29 is 5.11 Å². The molecule has 0 aliphatic rings. The summed E-state index contributed by atoms with van der Waals surface area (Å²) in [4.78, 5) is 0. The molecule has 0 spiro atoms. The fourth-order valence-corrected chi connectivity index (χ4v) is 3.02. The highest BCUT2D eigenvalue weighted by Gasteiger charge is 2.05. The predicted octanol–water partition coefficient (Wildman–Crippen LogP) is 6.81. The molecule has 0 radical (unpaired) electrons. The first kappa shape index (κ1) is 19.2. The molecule has 1 atom stereocenters. The number of aliphatic hydroxyl groups excluding tert-OH is 1. The maximum Gasteiger partial charge on any atom is 0.0790 e. The molecule has 0 aliphatic heterocycles. The number of aliphatic hydroxyl groups is 1. The predicted molar refractivity (Wildman–Crippen MR) is 97.1 cm³/mol. The average Bonchev–Trinajstić information content (AvgIpc) is 2.56. The zero-order valence-corrected chi connectivity index (χ0v) is 14.6. The Balaban J connectivity index is 1.84. The van der Waals surface area contributed by atoms with Crippen LogP contribution in [0.4, 0.5) is 0 Å². The first-order valence-electron chi connectivity index (χ1n) is 9.57. The summed E-state index contributed by atoms with van der Waals surface area (Å²) in [6, 6.07) is 10.0. The molecule has 0 aromatic heterocycles. The van der Waals surface area contributed by atoms with Gasteiger partial charge in [0, 0.05) is 0 Å². The van der Waals surface area contributed by atoms with E-state index in [2.05, 4.69) is 6.92 Å². The molecule has 1 heteroatoms. The zero-order chi connectivity index (χ0) is 15.9. The summed E-state index contributed by atoms with van der Waals surface area (Å²) in [5.41, 5.74) is 1.06. The Morgan fingerprint density at radius 1 is 0.682 bits per heavy atom. The van der Waals surface area contributed by atoms with Crippen LogP contribution in [0.15, 0.2) is 30.3 Å². The van der Waals surface area contributed by atoms with Crippen LogP contribution in [0.25, 0.3) is 0 Å². The monoisotopic (exact) mass is 304 g/mol. The van der Waals surface area contributed by atoms with Crippen LogP contribution in [0.3, 0.4) is 0 Å². The second-order valence-corrected chi connectivity index (χ2v) is 6.60. The minimum Gasteiger partial charge on any atom is -0.388 e. The molecule has 0 unspecified atom stereocenters. The lowest BCUT2D eigenvalue weighted by molar-refractivity contribution is 0.163. The van der Waals surface area contributed by atoms with Crippen LogP contribution in [0, 0.1) is 0 Å². The molecule has 1 rings (SSSR count). The van der Waals surface area contributed by atoms with E-state index in [0.29, 0.717) is 0 Å². The highest BCUT2D eigenvalue weighted by molar-refractivity contribution is 5.16. The highest BCUT2D eigenvalue weighted by Crippen LogP contribution is 2.20. The Kier molecular flexibility index (Phi) is 12.1. The Labute approximate surface area is 138 Å². The van der Waals surface area contributed by atoms with Crippen LogP contribution >= 0.6 is 0 Å². The Bertz CT molecular complexity index is 333. The van der Waals surface area contributed by atoms with Gasteiger partial charge in [-0.3, -0.25) is 0 Å². The number of rotatable bonds is 14. The van der Waals surface area contributed by atoms with Gasteiger partial charge in [0.2, 0.25) is 0 Å². The van der Waals surface area contributed by atoms with E-state index in [1.807, 2.05) is 30.3 Å². The summed E-state index contributed by atoms with van der Waals surface area (Å²) >= 11 is 0. The molecule has 1 aromatic rings. The molecule has 126 valence electrons. The van der Waals surface area contributed by atoms with E-state index in [0.717, 1.165) is 18.4 Å². The van der Waals surface area contributed by atoms with Gasteiger partial charge in [-0.2, -0.15) is 0 Å².